The first-order valence-corrected chi connectivity index (χ1v) is 9.68. The molecule has 2 unspecified atom stereocenters. The van der Waals surface area contributed by atoms with Crippen LogP contribution >= 0.6 is 0 Å². The smallest absolute Gasteiger partial charge is 0.161 e. The van der Waals surface area contributed by atoms with Gasteiger partial charge in [-0.2, -0.15) is 0 Å². The van der Waals surface area contributed by atoms with E-state index in [1.165, 1.54) is 6.08 Å². The Labute approximate surface area is 170 Å². The van der Waals surface area contributed by atoms with E-state index in [-0.39, 0.29) is 5.92 Å². The maximum atomic E-state index is 13.7. The van der Waals surface area contributed by atoms with E-state index in [0.717, 1.165) is 39.0 Å². The minimum absolute atomic E-state index is 0.347. The predicted octanol–water partition coefficient (Wildman–Crippen LogP) is 1.41. The summed E-state index contributed by atoms with van der Waals surface area (Å²) in [6.07, 6.45) is 7.26. The molecule has 0 amide bonds. The van der Waals surface area contributed by atoms with Crippen LogP contribution in [0.15, 0.2) is 47.4 Å². The molecule has 2 heterocycles. The number of hydrogen-bond acceptors (Lipinski definition) is 7. The van der Waals surface area contributed by atoms with Crippen molar-refractivity contribution in [3.8, 4) is 0 Å². The number of rotatable bonds is 6. The van der Waals surface area contributed by atoms with E-state index < -0.39 is 17.9 Å². The van der Waals surface area contributed by atoms with Crippen LogP contribution < -0.4 is 5.32 Å². The summed E-state index contributed by atoms with van der Waals surface area (Å²) >= 11 is 0. The summed E-state index contributed by atoms with van der Waals surface area (Å²) in [4.78, 5) is 13.1. The Balaban J connectivity index is 0.00000145. The fourth-order valence-electron chi connectivity index (χ4n) is 3.65. The van der Waals surface area contributed by atoms with E-state index >= 15 is 0 Å². The molecule has 3 aliphatic rings. The van der Waals surface area contributed by atoms with Crippen LogP contribution in [0.25, 0.3) is 0 Å². The molecule has 3 N–H and O–H groups in total. The number of allylic oxidation sites excluding steroid dienone is 4. The monoisotopic (exact) mass is 412 g/mol. The van der Waals surface area contributed by atoms with Crippen molar-refractivity contribution in [2.45, 2.75) is 26.0 Å². The highest BCUT2D eigenvalue weighted by molar-refractivity contribution is 5.73. The molecule has 0 aromatic heterocycles. The lowest BCUT2D eigenvalue weighted by molar-refractivity contribution is -0.144. The lowest BCUT2D eigenvalue weighted by atomic mass is 9.99. The Morgan fingerprint density at radius 1 is 1.34 bits per heavy atom. The fourth-order valence-corrected chi connectivity index (χ4v) is 3.65. The quantitative estimate of drug-likeness (QED) is 0.346. The van der Waals surface area contributed by atoms with Gasteiger partial charge in [0.2, 0.25) is 0 Å². The van der Waals surface area contributed by atoms with Crippen molar-refractivity contribution in [2.24, 2.45) is 5.92 Å². The first kappa shape index (κ1) is 23.4. The van der Waals surface area contributed by atoms with Gasteiger partial charge in [0.1, 0.15) is 17.9 Å². The molecule has 2 saturated heterocycles. The Morgan fingerprint density at radius 3 is 2.79 bits per heavy atom. The van der Waals surface area contributed by atoms with E-state index in [1.54, 1.807) is 6.92 Å². The zero-order chi connectivity index (χ0) is 21.4. The molecule has 7 nitrogen and oxygen atoms in total. The molecule has 3 rings (SSSR count). The van der Waals surface area contributed by atoms with Gasteiger partial charge >= 0.3 is 0 Å². The van der Waals surface area contributed by atoms with Crippen molar-refractivity contribution in [3.63, 3.8) is 0 Å². The topological polar surface area (TPSA) is 79.3 Å². The molecule has 29 heavy (non-hydrogen) atoms. The number of nitrogens with one attached hydrogen (secondary N) is 1. The largest absolute Gasteiger partial charge is 0.400 e. The molecule has 162 valence electrons. The van der Waals surface area contributed by atoms with Gasteiger partial charge in [-0.25, -0.2) is 18.8 Å². The summed E-state index contributed by atoms with van der Waals surface area (Å²) in [5.74, 6) is -1.31. The highest BCUT2D eigenvalue weighted by atomic mass is 19.1. The number of aliphatic hydroxyl groups is 2. The van der Waals surface area contributed by atoms with Gasteiger partial charge in [-0.1, -0.05) is 6.08 Å². The number of fused-ring (bicyclic) bond motifs is 1. The molecule has 1 aliphatic carbocycles. The van der Waals surface area contributed by atoms with Crippen LogP contribution in [0.2, 0.25) is 0 Å². The third-order valence-corrected chi connectivity index (χ3v) is 5.10. The summed E-state index contributed by atoms with van der Waals surface area (Å²) in [6.45, 7) is 4.81. The normalized spacial score (nSPS) is 27.2. The number of aliphatic hydroxyl groups excluding tert-OH is 2. The minimum Gasteiger partial charge on any atom is -0.400 e. The van der Waals surface area contributed by atoms with Crippen molar-refractivity contribution >= 4 is 6.29 Å². The summed E-state index contributed by atoms with van der Waals surface area (Å²) in [7, 11) is 1.00. The van der Waals surface area contributed by atoms with Crippen LogP contribution in [-0.4, -0.2) is 77.6 Å². The number of halogens is 2. The molecule has 2 atom stereocenters. The number of carbonyl (C=O) groups is 1. The molecule has 0 spiro atoms. The maximum Gasteiger partial charge on any atom is 0.161 e. The molecular weight excluding hydrogens is 382 g/mol. The van der Waals surface area contributed by atoms with Crippen molar-refractivity contribution in [1.29, 1.82) is 0 Å². The molecule has 2 aliphatic heterocycles. The lowest BCUT2D eigenvalue weighted by Crippen LogP contribution is -2.56. The van der Waals surface area contributed by atoms with E-state index in [1.807, 2.05) is 22.2 Å². The minimum atomic E-state index is -0.841. The van der Waals surface area contributed by atoms with Crippen LogP contribution in [0, 0.1) is 5.92 Å². The highest BCUT2D eigenvalue weighted by Gasteiger charge is 2.38. The molecule has 0 radical (unpaired) electrons. The molecule has 2 fully saturated rings. The molecule has 0 aromatic rings. The molecule has 0 aromatic carbocycles. The zero-order valence-electron chi connectivity index (χ0n) is 16.9. The van der Waals surface area contributed by atoms with E-state index in [0.29, 0.717) is 37.4 Å². The van der Waals surface area contributed by atoms with Crippen molar-refractivity contribution < 1.29 is 23.8 Å². The third-order valence-electron chi connectivity index (χ3n) is 5.10. The van der Waals surface area contributed by atoms with Gasteiger partial charge in [0, 0.05) is 57.1 Å². The number of hydrogen-bond donors (Lipinski definition) is 3. The Morgan fingerprint density at radius 2 is 2.10 bits per heavy atom. The van der Waals surface area contributed by atoms with Gasteiger partial charge in [0.25, 0.3) is 0 Å². The average Bonchev–Trinajstić information content (AvgIpc) is 3.19. The second-order valence-electron chi connectivity index (χ2n) is 7.01. The standard InChI is InChI=1S/C19H26F2N4O2.CH4O/c1-14(12-26)18-19(27)25-9-3-8-24(25)13-23(18)7-2-6-22-11-15-4-5-16(20)10-17(15)21;1-2/h2,5,7,10,12,15,19,22,27H,3-4,6,8-9,11,13H2,1H3;2H,1H3/b7-2+,18-14-;. The Hall–Kier alpha value is -1.91. The predicted molar refractivity (Wildman–Crippen MR) is 106 cm³/mol. The number of aldehydes is 1. The first-order chi connectivity index (χ1) is 14.0. The fraction of sp³-hybridized carbons (Fsp3) is 0.550. The van der Waals surface area contributed by atoms with Crippen LogP contribution in [0.3, 0.4) is 0 Å². The second-order valence-corrected chi connectivity index (χ2v) is 7.01. The number of hydrazine groups is 1. The summed E-state index contributed by atoms with van der Waals surface area (Å²) in [5, 5.41) is 24.7. The first-order valence-electron chi connectivity index (χ1n) is 9.68. The van der Waals surface area contributed by atoms with Gasteiger partial charge in [0.15, 0.2) is 6.23 Å². The van der Waals surface area contributed by atoms with E-state index in [4.69, 9.17) is 5.11 Å². The van der Waals surface area contributed by atoms with Gasteiger partial charge in [0.05, 0.1) is 12.4 Å². The van der Waals surface area contributed by atoms with Gasteiger partial charge in [-0.05, 0) is 25.8 Å². The average molecular weight is 412 g/mol. The highest BCUT2D eigenvalue weighted by Crippen LogP contribution is 2.28. The molecular formula is C20H30F2N4O3. The van der Waals surface area contributed by atoms with Gasteiger partial charge in [-0.15, -0.1) is 0 Å². The van der Waals surface area contributed by atoms with Gasteiger partial charge in [-0.3, -0.25) is 4.79 Å². The Bertz CT molecular complexity index is 693. The number of nitrogens with zero attached hydrogens (tertiary/aromatic N) is 3. The van der Waals surface area contributed by atoms with Crippen molar-refractivity contribution in [1.82, 2.24) is 20.2 Å². The van der Waals surface area contributed by atoms with Crippen molar-refractivity contribution in [3.05, 3.63) is 47.4 Å². The SMILES string of the molecule is C/C(C=O)=C1\C(O)N2CCCN2CN1/C=C/CNCC1CC=C(F)C=C1F.CO. The molecule has 0 bridgehead atoms. The summed E-state index contributed by atoms with van der Waals surface area (Å²) in [5.41, 5.74) is 1.08. The van der Waals surface area contributed by atoms with E-state index in [2.05, 4.69) is 10.3 Å². The van der Waals surface area contributed by atoms with Crippen LogP contribution in [-0.2, 0) is 4.79 Å². The number of carbonyl (C=O) groups excluding carboxylic acids is 1. The summed E-state index contributed by atoms with van der Waals surface area (Å²) < 4.78 is 26.6. The van der Waals surface area contributed by atoms with Crippen LogP contribution in [0.5, 0.6) is 0 Å². The lowest BCUT2D eigenvalue weighted by Gasteiger charge is -2.44. The van der Waals surface area contributed by atoms with Crippen LogP contribution in [0.1, 0.15) is 19.8 Å². The third kappa shape index (κ3) is 5.80. The maximum absolute atomic E-state index is 13.7. The van der Waals surface area contributed by atoms with Gasteiger partial charge < -0.3 is 20.4 Å². The summed E-state index contributed by atoms with van der Waals surface area (Å²) in [6, 6.07) is 0. The van der Waals surface area contributed by atoms with E-state index in [9.17, 15) is 18.7 Å². The molecule has 9 heteroatoms. The second kappa shape index (κ2) is 11.3. The zero-order valence-corrected chi connectivity index (χ0v) is 16.9. The van der Waals surface area contributed by atoms with Crippen LogP contribution in [0.4, 0.5) is 8.78 Å². The van der Waals surface area contributed by atoms with Crippen molar-refractivity contribution in [2.75, 3.05) is 40.0 Å². The molecule has 0 saturated carbocycles. The Kier molecular flexibility index (Phi) is 9.12.